The number of carbonyl (C=O) groups is 2. The number of benzene rings is 1. The number of amides is 1. The molecule has 1 saturated heterocycles. The number of nitro groups is 1. The van der Waals surface area contributed by atoms with Crippen molar-refractivity contribution in [3.8, 4) is 17.1 Å². The van der Waals surface area contributed by atoms with Crippen molar-refractivity contribution in [2.45, 2.75) is 19.9 Å². The molecule has 0 unspecified atom stereocenters. The number of furan rings is 1. The number of hydrogen-bond donors (Lipinski definition) is 1. The van der Waals surface area contributed by atoms with Gasteiger partial charge in [0, 0.05) is 6.08 Å². The van der Waals surface area contributed by atoms with E-state index in [-0.39, 0.29) is 37.9 Å². The minimum absolute atomic E-state index is 0.148. The fourth-order valence-corrected chi connectivity index (χ4v) is 4.43. The number of thioether (sulfide) groups is 1. The maximum Gasteiger partial charge on any atom is 0.327 e. The number of methoxy groups -OCH3 is 1. The molecule has 1 atom stereocenters. The summed E-state index contributed by atoms with van der Waals surface area (Å²) < 4.78 is 10.9. The van der Waals surface area contributed by atoms with Crippen LogP contribution in [0.5, 0.6) is 5.75 Å². The van der Waals surface area contributed by atoms with E-state index in [4.69, 9.17) is 21.4 Å². The first-order chi connectivity index (χ1) is 14.6. The number of carboxylic acids is 1. The van der Waals surface area contributed by atoms with E-state index in [9.17, 15) is 24.8 Å². The zero-order chi connectivity index (χ0) is 22.9. The number of aliphatic carboxylic acids is 1. The van der Waals surface area contributed by atoms with E-state index >= 15 is 0 Å². The van der Waals surface area contributed by atoms with Crippen molar-refractivity contribution in [1.82, 2.24) is 4.90 Å². The van der Waals surface area contributed by atoms with Gasteiger partial charge in [0.05, 0.1) is 28.6 Å². The molecule has 2 aromatic rings. The van der Waals surface area contributed by atoms with Gasteiger partial charge in [-0.3, -0.25) is 19.8 Å². The van der Waals surface area contributed by atoms with Crippen LogP contribution in [-0.2, 0) is 9.59 Å². The second-order valence-electron chi connectivity index (χ2n) is 6.92. The first-order valence-electron chi connectivity index (χ1n) is 9.06. The smallest absolute Gasteiger partial charge is 0.327 e. The molecule has 1 aliphatic heterocycles. The van der Waals surface area contributed by atoms with Crippen LogP contribution in [0.4, 0.5) is 5.69 Å². The van der Waals surface area contributed by atoms with E-state index in [2.05, 4.69) is 0 Å². The number of carboxylic acid groups (broad SMARTS) is 1. The van der Waals surface area contributed by atoms with Crippen LogP contribution in [0.15, 0.2) is 39.7 Å². The van der Waals surface area contributed by atoms with E-state index in [1.54, 1.807) is 32.0 Å². The Balaban J connectivity index is 1.93. The molecule has 1 aliphatic rings. The summed E-state index contributed by atoms with van der Waals surface area (Å²) in [5.41, 5.74) is 0.0663. The van der Waals surface area contributed by atoms with E-state index in [1.807, 2.05) is 0 Å². The van der Waals surface area contributed by atoms with Crippen LogP contribution >= 0.6 is 24.0 Å². The molecule has 2 heterocycles. The van der Waals surface area contributed by atoms with Crippen molar-refractivity contribution < 1.29 is 28.8 Å². The maximum absolute atomic E-state index is 12.8. The Morgan fingerprint density at radius 3 is 2.65 bits per heavy atom. The highest BCUT2D eigenvalue weighted by Gasteiger charge is 2.42. The molecular weight excluding hydrogens is 444 g/mol. The minimum atomic E-state index is -1.14. The third-order valence-electron chi connectivity index (χ3n) is 4.55. The SMILES string of the molecule is COc1ccc(-c2ccc(/C=C3\SC(=S)N([C@H](C(=O)O)C(C)C)C3=O)o2)c([N+](=O)[O-])c1. The Bertz CT molecular complexity index is 1110. The highest BCUT2D eigenvalue weighted by molar-refractivity contribution is 8.26. The van der Waals surface area contributed by atoms with Crippen molar-refractivity contribution in [2.24, 2.45) is 5.92 Å². The summed E-state index contributed by atoms with van der Waals surface area (Å²) in [4.78, 5) is 36.6. The van der Waals surface area contributed by atoms with E-state index in [1.165, 1.54) is 25.3 Å². The van der Waals surface area contributed by atoms with Crippen LogP contribution in [0.1, 0.15) is 19.6 Å². The number of nitrogens with zero attached hydrogens (tertiary/aromatic N) is 2. The molecule has 11 heteroatoms. The molecule has 1 fully saturated rings. The zero-order valence-electron chi connectivity index (χ0n) is 16.7. The summed E-state index contributed by atoms with van der Waals surface area (Å²) in [6.07, 6.45) is 1.44. The van der Waals surface area contributed by atoms with Gasteiger partial charge < -0.3 is 14.3 Å². The quantitative estimate of drug-likeness (QED) is 0.279. The molecule has 0 radical (unpaired) electrons. The zero-order valence-corrected chi connectivity index (χ0v) is 18.4. The van der Waals surface area contributed by atoms with Crippen molar-refractivity contribution in [1.29, 1.82) is 0 Å². The number of hydrogen-bond acceptors (Lipinski definition) is 8. The summed E-state index contributed by atoms with van der Waals surface area (Å²) in [5, 5.41) is 20.9. The summed E-state index contributed by atoms with van der Waals surface area (Å²) in [6.45, 7) is 3.39. The Labute approximate surface area is 186 Å². The molecule has 162 valence electrons. The third-order valence-corrected chi connectivity index (χ3v) is 5.88. The van der Waals surface area contributed by atoms with Gasteiger partial charge in [-0.1, -0.05) is 37.8 Å². The standard InChI is InChI=1S/C20H18N2O7S2/c1-10(2)17(19(24)25)21-18(23)16(31-20(21)30)9-12-5-7-15(29-12)13-6-4-11(28-3)8-14(13)22(26)27/h4-10,17H,1-3H3,(H,24,25)/b16-9-/t17-/m0/s1. The first kappa shape index (κ1) is 22.5. The summed E-state index contributed by atoms with van der Waals surface area (Å²) in [6, 6.07) is 6.42. The van der Waals surface area contributed by atoms with Gasteiger partial charge in [-0.05, 0) is 30.2 Å². The molecule has 1 amide bonds. The lowest BCUT2D eigenvalue weighted by molar-refractivity contribution is -0.384. The molecule has 1 N–H and O–H groups in total. The Morgan fingerprint density at radius 1 is 1.35 bits per heavy atom. The molecule has 0 aliphatic carbocycles. The van der Waals surface area contributed by atoms with Gasteiger partial charge in [0.2, 0.25) is 0 Å². The van der Waals surface area contributed by atoms with Crippen LogP contribution in [0.2, 0.25) is 0 Å². The van der Waals surface area contributed by atoms with Crippen molar-refractivity contribution in [3.63, 3.8) is 0 Å². The summed E-state index contributed by atoms with van der Waals surface area (Å²) >= 11 is 6.20. The predicted molar refractivity (Wildman–Crippen MR) is 119 cm³/mol. The predicted octanol–water partition coefficient (Wildman–Crippen LogP) is 4.17. The highest BCUT2D eigenvalue weighted by Crippen LogP contribution is 2.38. The van der Waals surface area contributed by atoms with E-state index < -0.39 is 22.8 Å². The van der Waals surface area contributed by atoms with Crippen LogP contribution in [0.3, 0.4) is 0 Å². The summed E-state index contributed by atoms with van der Waals surface area (Å²) in [7, 11) is 1.41. The van der Waals surface area contributed by atoms with Crippen molar-refractivity contribution in [3.05, 3.63) is 51.1 Å². The van der Waals surface area contributed by atoms with E-state index in [0.717, 1.165) is 16.7 Å². The number of thiocarbonyl (C=S) groups is 1. The normalized spacial score (nSPS) is 16.3. The number of nitro benzene ring substituents is 1. The third kappa shape index (κ3) is 4.47. The average Bonchev–Trinajstić information content (AvgIpc) is 3.27. The lowest BCUT2D eigenvalue weighted by atomic mass is 10.0. The number of ether oxygens (including phenoxy) is 1. The molecule has 3 rings (SSSR count). The molecule has 0 bridgehead atoms. The molecular formula is C20H18N2O7S2. The lowest BCUT2D eigenvalue weighted by Crippen LogP contribution is -2.47. The van der Waals surface area contributed by atoms with Gasteiger partial charge >= 0.3 is 5.97 Å². The fourth-order valence-electron chi connectivity index (χ4n) is 3.12. The largest absolute Gasteiger partial charge is 0.497 e. The molecule has 0 spiro atoms. The van der Waals surface area contributed by atoms with Gasteiger partial charge in [0.1, 0.15) is 27.6 Å². The first-order valence-corrected chi connectivity index (χ1v) is 10.3. The van der Waals surface area contributed by atoms with Crippen molar-refractivity contribution >= 4 is 51.9 Å². The molecule has 0 saturated carbocycles. The topological polar surface area (TPSA) is 123 Å². The average molecular weight is 463 g/mol. The van der Waals surface area contributed by atoms with Gasteiger partial charge in [0.25, 0.3) is 11.6 Å². The second kappa shape index (κ2) is 8.90. The lowest BCUT2D eigenvalue weighted by Gasteiger charge is -2.26. The second-order valence-corrected chi connectivity index (χ2v) is 8.60. The monoisotopic (exact) mass is 462 g/mol. The molecule has 1 aromatic heterocycles. The molecule has 9 nitrogen and oxygen atoms in total. The van der Waals surface area contributed by atoms with Gasteiger partial charge in [-0.15, -0.1) is 0 Å². The van der Waals surface area contributed by atoms with Crippen LogP contribution in [-0.4, -0.2) is 44.3 Å². The van der Waals surface area contributed by atoms with Crippen molar-refractivity contribution in [2.75, 3.05) is 7.11 Å². The Morgan fingerprint density at radius 2 is 2.06 bits per heavy atom. The fraction of sp³-hybridized carbons (Fsp3) is 0.250. The minimum Gasteiger partial charge on any atom is -0.497 e. The van der Waals surface area contributed by atoms with Gasteiger partial charge in [0.15, 0.2) is 0 Å². The molecule has 1 aromatic carbocycles. The number of carbonyl (C=O) groups excluding carboxylic acids is 1. The Hall–Kier alpha value is -3.18. The van der Waals surface area contributed by atoms with Crippen LogP contribution < -0.4 is 4.74 Å². The Kier molecular flexibility index (Phi) is 6.46. The summed E-state index contributed by atoms with van der Waals surface area (Å²) in [5.74, 6) is -1.16. The van der Waals surface area contributed by atoms with Crippen LogP contribution in [0, 0.1) is 16.0 Å². The van der Waals surface area contributed by atoms with E-state index in [0.29, 0.717) is 5.75 Å². The van der Waals surface area contributed by atoms with Crippen LogP contribution in [0.25, 0.3) is 17.4 Å². The highest BCUT2D eigenvalue weighted by atomic mass is 32.2. The van der Waals surface area contributed by atoms with Gasteiger partial charge in [-0.2, -0.15) is 0 Å². The molecule has 31 heavy (non-hydrogen) atoms. The number of rotatable bonds is 7. The van der Waals surface area contributed by atoms with Gasteiger partial charge in [-0.25, -0.2) is 4.79 Å². The maximum atomic E-state index is 12.8.